The van der Waals surface area contributed by atoms with Crippen LogP contribution in [0.15, 0.2) is 11.6 Å². The number of hydrogen-bond acceptors (Lipinski definition) is 5. The van der Waals surface area contributed by atoms with Crippen molar-refractivity contribution in [3.8, 4) is 0 Å². The highest BCUT2D eigenvalue weighted by molar-refractivity contribution is 5.91. The van der Waals surface area contributed by atoms with Gasteiger partial charge in [-0.1, -0.05) is 13.8 Å². The molecular formula is C22H30NO5+. The first kappa shape index (κ1) is 18.3. The lowest BCUT2D eigenvalue weighted by atomic mass is 9.78. The molecule has 0 aromatic carbocycles. The molecule has 1 spiro atoms. The van der Waals surface area contributed by atoms with Gasteiger partial charge < -0.3 is 14.2 Å². The molecular weight excluding hydrogens is 358 g/mol. The molecule has 0 saturated carbocycles. The molecule has 0 radical (unpaired) electrons. The number of cyclic esters (lactones) is 1. The first-order valence-corrected chi connectivity index (χ1v) is 10.9. The van der Waals surface area contributed by atoms with Crippen LogP contribution < -0.4 is 0 Å². The lowest BCUT2D eigenvalue weighted by Crippen LogP contribution is -2.40. The van der Waals surface area contributed by atoms with Crippen molar-refractivity contribution < 1.29 is 28.4 Å². The molecule has 0 aromatic heterocycles. The smallest absolute Gasteiger partial charge is 0.336 e. The lowest BCUT2D eigenvalue weighted by Gasteiger charge is -2.28. The monoisotopic (exact) mass is 388 g/mol. The second-order valence-electron chi connectivity index (χ2n) is 9.18. The minimum Gasteiger partial charge on any atom is -0.455 e. The topological polar surface area (TPSA) is 64.8 Å². The first-order chi connectivity index (χ1) is 13.4. The average Bonchev–Trinajstić information content (AvgIpc) is 3.33. The second kappa shape index (κ2) is 6.41. The number of esters is 2. The summed E-state index contributed by atoms with van der Waals surface area (Å²) in [5, 5.41) is 0. The molecule has 2 saturated heterocycles. The van der Waals surface area contributed by atoms with Gasteiger partial charge in [0.1, 0.15) is 6.54 Å². The van der Waals surface area contributed by atoms with Gasteiger partial charge in [0.25, 0.3) is 0 Å². The third-order valence-electron chi connectivity index (χ3n) is 7.54. The second-order valence-corrected chi connectivity index (χ2v) is 9.18. The average molecular weight is 388 g/mol. The van der Waals surface area contributed by atoms with Crippen LogP contribution in [0.2, 0.25) is 0 Å². The van der Waals surface area contributed by atoms with Crippen LogP contribution in [0, 0.1) is 17.8 Å². The third-order valence-corrected chi connectivity index (χ3v) is 7.54. The molecule has 0 aromatic rings. The van der Waals surface area contributed by atoms with Crippen LogP contribution in [0.1, 0.15) is 59.3 Å². The quantitative estimate of drug-likeness (QED) is 0.537. The van der Waals surface area contributed by atoms with E-state index in [4.69, 9.17) is 14.2 Å². The largest absolute Gasteiger partial charge is 0.455 e. The maximum atomic E-state index is 12.1. The van der Waals surface area contributed by atoms with Gasteiger partial charge in [0.15, 0.2) is 17.9 Å². The molecule has 0 bridgehead atoms. The van der Waals surface area contributed by atoms with Gasteiger partial charge in [0.2, 0.25) is 5.79 Å². The van der Waals surface area contributed by atoms with Gasteiger partial charge >= 0.3 is 11.9 Å². The van der Waals surface area contributed by atoms with E-state index < -0.39 is 5.79 Å². The van der Waals surface area contributed by atoms with Crippen molar-refractivity contribution in [3.05, 3.63) is 11.6 Å². The molecule has 0 amide bonds. The van der Waals surface area contributed by atoms with E-state index >= 15 is 0 Å². The van der Waals surface area contributed by atoms with Crippen molar-refractivity contribution in [2.24, 2.45) is 17.8 Å². The number of nitrogens with zero attached hydrogens (tertiary/aromatic N) is 1. The van der Waals surface area contributed by atoms with E-state index in [2.05, 4.69) is 11.5 Å². The number of ether oxygens (including phenoxy) is 3. The zero-order valence-corrected chi connectivity index (χ0v) is 17.0. The van der Waals surface area contributed by atoms with Gasteiger partial charge in [0.05, 0.1) is 17.9 Å². The summed E-state index contributed by atoms with van der Waals surface area (Å²) < 4.78 is 20.6. The normalized spacial score (nSPS) is 45.0. The fraction of sp³-hybridized carbons (Fsp3) is 0.773. The summed E-state index contributed by atoms with van der Waals surface area (Å²) in [6, 6.07) is 0.278. The predicted octanol–water partition coefficient (Wildman–Crippen LogP) is 2.59. The van der Waals surface area contributed by atoms with Crippen LogP contribution in [0.4, 0.5) is 0 Å². The zero-order chi connectivity index (χ0) is 19.6. The molecule has 5 heterocycles. The first-order valence-electron chi connectivity index (χ1n) is 10.9. The summed E-state index contributed by atoms with van der Waals surface area (Å²) in [7, 11) is 0. The van der Waals surface area contributed by atoms with E-state index in [1.807, 2.05) is 19.9 Å². The maximum Gasteiger partial charge on any atom is 0.336 e. The predicted molar refractivity (Wildman–Crippen MR) is 101 cm³/mol. The van der Waals surface area contributed by atoms with E-state index in [0.717, 1.165) is 45.1 Å². The number of rotatable bonds is 2. The van der Waals surface area contributed by atoms with Crippen LogP contribution in [0.3, 0.4) is 0 Å². The number of hydrogen-bond donors (Lipinski definition) is 0. The van der Waals surface area contributed by atoms with E-state index in [1.165, 1.54) is 5.71 Å². The van der Waals surface area contributed by atoms with Gasteiger partial charge in [-0.25, -0.2) is 9.37 Å². The molecule has 0 unspecified atom stereocenters. The summed E-state index contributed by atoms with van der Waals surface area (Å²) in [6.45, 7) is 6.93. The molecule has 0 N–H and O–H groups in total. The Morgan fingerprint density at radius 3 is 2.71 bits per heavy atom. The Balaban J connectivity index is 1.49. The minimum atomic E-state index is -0.895. The molecule has 7 atom stereocenters. The molecule has 6 nitrogen and oxygen atoms in total. The van der Waals surface area contributed by atoms with E-state index in [0.29, 0.717) is 5.57 Å². The van der Waals surface area contributed by atoms with Crippen molar-refractivity contribution in [1.29, 1.82) is 0 Å². The molecule has 152 valence electrons. The molecule has 6 heteroatoms. The highest BCUT2D eigenvalue weighted by Gasteiger charge is 2.62. The Labute approximate surface area is 165 Å². The Morgan fingerprint density at radius 1 is 1.25 bits per heavy atom. The van der Waals surface area contributed by atoms with Gasteiger partial charge in [-0.2, -0.15) is 0 Å². The SMILES string of the molecule is CC[C@H]1[C@H]2C3=[N+](CCC[C@@H]2O[C@]12C=C(C)C(=O)O2)[C@@H]([C@@H]1C[C@@H](C)C(=O)O1)CC3. The van der Waals surface area contributed by atoms with E-state index in [-0.39, 0.29) is 47.9 Å². The summed E-state index contributed by atoms with van der Waals surface area (Å²) in [5.74, 6) is -0.804. The van der Waals surface area contributed by atoms with E-state index in [1.54, 1.807) is 0 Å². The summed E-state index contributed by atoms with van der Waals surface area (Å²) >= 11 is 0. The fourth-order valence-electron chi connectivity index (χ4n) is 6.31. The molecule has 5 aliphatic rings. The van der Waals surface area contributed by atoms with Crippen molar-refractivity contribution >= 4 is 17.7 Å². The Morgan fingerprint density at radius 2 is 2.07 bits per heavy atom. The zero-order valence-electron chi connectivity index (χ0n) is 17.0. The van der Waals surface area contributed by atoms with Crippen LogP contribution in [-0.2, 0) is 23.8 Å². The van der Waals surface area contributed by atoms with E-state index in [9.17, 15) is 9.59 Å². The van der Waals surface area contributed by atoms with Crippen molar-refractivity contribution in [2.75, 3.05) is 6.54 Å². The number of carbonyl (C=O) groups excluding carboxylic acids is 2. The van der Waals surface area contributed by atoms with Crippen LogP contribution >= 0.6 is 0 Å². The molecule has 28 heavy (non-hydrogen) atoms. The van der Waals surface area contributed by atoms with Crippen molar-refractivity contribution in [1.82, 2.24) is 0 Å². The van der Waals surface area contributed by atoms with Gasteiger partial charge in [-0.05, 0) is 25.8 Å². The Bertz CT molecular complexity index is 786. The van der Waals surface area contributed by atoms with Crippen LogP contribution in [-0.4, -0.2) is 52.8 Å². The Hall–Kier alpha value is -1.69. The standard InChI is InChI=1S/C22H30NO5/c1-4-14-19-16-8-7-15(18-10-12(2)20(24)26-18)23(16)9-5-6-17(19)27-22(14)11-13(3)21(25)28-22/h11-12,14-15,17-19H,4-10H2,1-3H3/q+1/t12-,14+,15-,17+,18+,19+,22+/m1/s1. The van der Waals surface area contributed by atoms with Gasteiger partial charge in [0, 0.05) is 37.2 Å². The highest BCUT2D eigenvalue weighted by Crippen LogP contribution is 2.51. The van der Waals surface area contributed by atoms with Gasteiger partial charge in [-0.15, -0.1) is 0 Å². The third kappa shape index (κ3) is 2.53. The highest BCUT2D eigenvalue weighted by atomic mass is 16.7. The maximum absolute atomic E-state index is 12.1. The molecule has 5 rings (SSSR count). The van der Waals surface area contributed by atoms with Crippen molar-refractivity contribution in [2.45, 2.75) is 83.3 Å². The van der Waals surface area contributed by atoms with Crippen LogP contribution in [0.5, 0.6) is 0 Å². The molecule has 2 fully saturated rings. The summed E-state index contributed by atoms with van der Waals surface area (Å²) in [4.78, 5) is 24.1. The summed E-state index contributed by atoms with van der Waals surface area (Å²) in [6.07, 6.45) is 7.77. The lowest BCUT2D eigenvalue weighted by molar-refractivity contribution is -0.568. The van der Waals surface area contributed by atoms with Crippen LogP contribution in [0.25, 0.3) is 0 Å². The summed E-state index contributed by atoms with van der Waals surface area (Å²) in [5.41, 5.74) is 2.08. The Kier molecular flexibility index (Phi) is 4.20. The molecule has 5 aliphatic heterocycles. The minimum absolute atomic E-state index is 0.000596. The number of fused-ring (bicyclic) bond motifs is 2. The van der Waals surface area contributed by atoms with Crippen molar-refractivity contribution in [3.63, 3.8) is 0 Å². The van der Waals surface area contributed by atoms with Gasteiger partial charge in [-0.3, -0.25) is 4.79 Å². The molecule has 0 aliphatic carbocycles. The fourth-order valence-corrected chi connectivity index (χ4v) is 6.31. The number of carbonyl (C=O) groups is 2.